The SMILES string of the molecule is CC(=O)c1cc(NCC(C)(C)S(C)(=O)=O)ccc1N. The van der Waals surface area contributed by atoms with Gasteiger partial charge in [-0.15, -0.1) is 0 Å². The Hall–Kier alpha value is -1.56. The van der Waals surface area contributed by atoms with Crippen LogP contribution in [0, 0.1) is 0 Å². The van der Waals surface area contributed by atoms with Crippen LogP contribution in [0.4, 0.5) is 11.4 Å². The lowest BCUT2D eigenvalue weighted by molar-refractivity contribution is 0.101. The summed E-state index contributed by atoms with van der Waals surface area (Å²) < 4.78 is 22.3. The summed E-state index contributed by atoms with van der Waals surface area (Å²) in [6, 6.07) is 4.99. The highest BCUT2D eigenvalue weighted by atomic mass is 32.2. The normalized spacial score (nSPS) is 12.2. The summed E-state index contributed by atoms with van der Waals surface area (Å²) in [5, 5.41) is 3.03. The van der Waals surface area contributed by atoms with Crippen molar-refractivity contribution in [2.45, 2.75) is 25.5 Å². The number of carbonyl (C=O) groups excluding carboxylic acids is 1. The molecule has 19 heavy (non-hydrogen) atoms. The molecule has 5 nitrogen and oxygen atoms in total. The Morgan fingerprint density at radius 2 is 1.95 bits per heavy atom. The highest BCUT2D eigenvalue weighted by molar-refractivity contribution is 7.92. The molecule has 0 radical (unpaired) electrons. The molecule has 0 atom stereocenters. The number of Topliss-reactive ketones (excluding diaryl/α,β-unsaturated/α-hetero) is 1. The van der Waals surface area contributed by atoms with Gasteiger partial charge in [0.2, 0.25) is 0 Å². The Bertz CT molecular complexity index is 592. The van der Waals surface area contributed by atoms with Crippen molar-refractivity contribution < 1.29 is 13.2 Å². The van der Waals surface area contributed by atoms with Crippen molar-refractivity contribution in [3.8, 4) is 0 Å². The minimum absolute atomic E-state index is 0.122. The molecule has 0 saturated carbocycles. The molecule has 0 spiro atoms. The number of benzene rings is 1. The predicted molar refractivity (Wildman–Crippen MR) is 78.3 cm³/mol. The number of anilines is 2. The Balaban J connectivity index is 2.91. The number of sulfone groups is 1. The molecule has 0 aliphatic rings. The first-order valence-corrected chi connectivity index (χ1v) is 7.78. The molecule has 1 rings (SSSR count). The van der Waals surface area contributed by atoms with Crippen LogP contribution in [0.15, 0.2) is 18.2 Å². The van der Waals surface area contributed by atoms with Gasteiger partial charge in [0.25, 0.3) is 0 Å². The first-order chi connectivity index (χ1) is 8.54. The summed E-state index contributed by atoms with van der Waals surface area (Å²) in [6.07, 6.45) is 1.21. The smallest absolute Gasteiger partial charge is 0.161 e. The maximum Gasteiger partial charge on any atom is 0.161 e. The van der Waals surface area contributed by atoms with Crippen LogP contribution in [0.3, 0.4) is 0 Å². The van der Waals surface area contributed by atoms with Gasteiger partial charge in [0.1, 0.15) is 0 Å². The topological polar surface area (TPSA) is 89.3 Å². The Morgan fingerprint density at radius 3 is 2.42 bits per heavy atom. The highest BCUT2D eigenvalue weighted by Gasteiger charge is 2.29. The molecule has 6 heteroatoms. The van der Waals surface area contributed by atoms with E-state index in [1.807, 2.05) is 0 Å². The van der Waals surface area contributed by atoms with E-state index in [-0.39, 0.29) is 12.3 Å². The van der Waals surface area contributed by atoms with Crippen molar-refractivity contribution in [1.29, 1.82) is 0 Å². The first kappa shape index (κ1) is 15.5. The lowest BCUT2D eigenvalue weighted by Crippen LogP contribution is -2.38. The number of hydrogen-bond acceptors (Lipinski definition) is 5. The number of nitrogen functional groups attached to an aromatic ring is 1. The van der Waals surface area contributed by atoms with Crippen molar-refractivity contribution in [3.05, 3.63) is 23.8 Å². The molecule has 0 saturated heterocycles. The van der Waals surface area contributed by atoms with E-state index in [4.69, 9.17) is 5.73 Å². The fourth-order valence-electron chi connectivity index (χ4n) is 1.42. The third kappa shape index (κ3) is 3.70. The number of ketones is 1. The van der Waals surface area contributed by atoms with Gasteiger partial charge in [-0.3, -0.25) is 4.79 Å². The summed E-state index contributed by atoms with van der Waals surface area (Å²) in [4.78, 5) is 11.4. The monoisotopic (exact) mass is 284 g/mol. The average molecular weight is 284 g/mol. The van der Waals surface area contributed by atoms with Crippen molar-refractivity contribution in [2.24, 2.45) is 0 Å². The van der Waals surface area contributed by atoms with E-state index in [9.17, 15) is 13.2 Å². The molecule has 106 valence electrons. The highest BCUT2D eigenvalue weighted by Crippen LogP contribution is 2.21. The molecule has 3 N–H and O–H groups in total. The quantitative estimate of drug-likeness (QED) is 0.634. The van der Waals surface area contributed by atoms with Crippen LogP contribution in [0.25, 0.3) is 0 Å². The van der Waals surface area contributed by atoms with Gasteiger partial charge in [-0.1, -0.05) is 0 Å². The molecule has 1 aromatic carbocycles. The summed E-state index contributed by atoms with van der Waals surface area (Å²) >= 11 is 0. The van der Waals surface area contributed by atoms with E-state index in [2.05, 4.69) is 5.32 Å². The van der Waals surface area contributed by atoms with Gasteiger partial charge in [0.15, 0.2) is 15.6 Å². The molecule has 0 aromatic heterocycles. The van der Waals surface area contributed by atoms with E-state index in [0.29, 0.717) is 16.9 Å². The van der Waals surface area contributed by atoms with Crippen molar-refractivity contribution >= 4 is 27.0 Å². The van der Waals surface area contributed by atoms with E-state index in [1.54, 1.807) is 32.0 Å². The van der Waals surface area contributed by atoms with Gasteiger partial charge < -0.3 is 11.1 Å². The Morgan fingerprint density at radius 1 is 1.37 bits per heavy atom. The Labute approximate surface area is 114 Å². The second-order valence-electron chi connectivity index (χ2n) is 5.24. The molecule has 0 aliphatic heterocycles. The summed E-state index contributed by atoms with van der Waals surface area (Å²) in [5.41, 5.74) is 7.22. The molecule has 0 unspecified atom stereocenters. The number of nitrogens with two attached hydrogens (primary N) is 1. The van der Waals surface area contributed by atoms with E-state index in [1.165, 1.54) is 13.2 Å². The van der Waals surface area contributed by atoms with Crippen molar-refractivity contribution in [2.75, 3.05) is 23.9 Å². The third-order valence-corrected chi connectivity index (χ3v) is 5.31. The summed E-state index contributed by atoms with van der Waals surface area (Å²) in [5.74, 6) is -0.122. The fraction of sp³-hybridized carbons (Fsp3) is 0.462. The second kappa shape index (κ2) is 5.21. The average Bonchev–Trinajstić information content (AvgIpc) is 2.26. The standard InChI is InChI=1S/C13H20N2O3S/c1-9(16)11-7-10(5-6-12(11)14)15-8-13(2,3)19(4,17)18/h5-7,15H,8,14H2,1-4H3. The molecule has 1 aromatic rings. The lowest BCUT2D eigenvalue weighted by atomic mass is 10.1. The van der Waals surface area contributed by atoms with E-state index >= 15 is 0 Å². The fourth-order valence-corrected chi connectivity index (χ4v) is 1.75. The second-order valence-corrected chi connectivity index (χ2v) is 7.89. The predicted octanol–water partition coefficient (Wildman–Crippen LogP) is 1.71. The zero-order chi connectivity index (χ0) is 14.8. The number of carbonyl (C=O) groups is 1. The van der Waals surface area contributed by atoms with E-state index in [0.717, 1.165) is 0 Å². The van der Waals surface area contributed by atoms with Gasteiger partial charge in [0.05, 0.1) is 4.75 Å². The maximum atomic E-state index is 11.6. The van der Waals surface area contributed by atoms with Crippen LogP contribution >= 0.6 is 0 Å². The van der Waals surface area contributed by atoms with Gasteiger partial charge in [0, 0.05) is 29.7 Å². The number of nitrogens with one attached hydrogen (secondary N) is 1. The molecule has 0 heterocycles. The van der Waals surface area contributed by atoms with Gasteiger partial charge in [-0.2, -0.15) is 0 Å². The first-order valence-electron chi connectivity index (χ1n) is 5.88. The largest absolute Gasteiger partial charge is 0.398 e. The minimum atomic E-state index is -3.16. The molecule has 0 fully saturated rings. The van der Waals surface area contributed by atoms with Crippen LogP contribution in [-0.4, -0.2) is 31.7 Å². The summed E-state index contributed by atoms with van der Waals surface area (Å²) in [6.45, 7) is 5.00. The zero-order valence-corrected chi connectivity index (χ0v) is 12.5. The van der Waals surface area contributed by atoms with Crippen LogP contribution in [-0.2, 0) is 9.84 Å². The van der Waals surface area contributed by atoms with Gasteiger partial charge in [-0.05, 0) is 39.0 Å². The summed E-state index contributed by atoms with van der Waals surface area (Å²) in [7, 11) is -3.16. The molecule has 0 amide bonds. The maximum absolute atomic E-state index is 11.6. The molecule has 0 aliphatic carbocycles. The minimum Gasteiger partial charge on any atom is -0.398 e. The van der Waals surface area contributed by atoms with Crippen LogP contribution in [0.5, 0.6) is 0 Å². The van der Waals surface area contributed by atoms with Crippen LogP contribution < -0.4 is 11.1 Å². The lowest BCUT2D eigenvalue weighted by Gasteiger charge is -2.23. The van der Waals surface area contributed by atoms with Crippen LogP contribution in [0.2, 0.25) is 0 Å². The molecular formula is C13H20N2O3S. The number of rotatable bonds is 5. The van der Waals surface area contributed by atoms with Gasteiger partial charge >= 0.3 is 0 Å². The van der Waals surface area contributed by atoms with Crippen molar-refractivity contribution in [1.82, 2.24) is 0 Å². The van der Waals surface area contributed by atoms with Gasteiger partial charge in [-0.25, -0.2) is 8.42 Å². The van der Waals surface area contributed by atoms with Crippen LogP contribution in [0.1, 0.15) is 31.1 Å². The molecular weight excluding hydrogens is 264 g/mol. The molecule has 0 bridgehead atoms. The van der Waals surface area contributed by atoms with E-state index < -0.39 is 14.6 Å². The third-order valence-electron chi connectivity index (χ3n) is 3.15. The Kier molecular flexibility index (Phi) is 4.25. The zero-order valence-electron chi connectivity index (χ0n) is 11.6. The van der Waals surface area contributed by atoms with Crippen molar-refractivity contribution in [3.63, 3.8) is 0 Å². The number of hydrogen-bond donors (Lipinski definition) is 2.